The molecule has 1 aromatic carbocycles. The molecule has 1 aromatic rings. The average Bonchev–Trinajstić information content (AvgIpc) is 2.37. The Balaban J connectivity index is 2.86. The van der Waals surface area contributed by atoms with E-state index in [4.69, 9.17) is 5.73 Å². The molecule has 0 radical (unpaired) electrons. The lowest BCUT2D eigenvalue weighted by Crippen LogP contribution is -2.51. The van der Waals surface area contributed by atoms with Crippen LogP contribution in [0.3, 0.4) is 0 Å². The molecule has 3 N–H and O–H groups in total. The van der Waals surface area contributed by atoms with Gasteiger partial charge in [-0.1, -0.05) is 38.1 Å². The molecule has 0 saturated heterocycles. The molecule has 0 saturated carbocycles. The highest BCUT2D eigenvalue weighted by atomic mass is 16.1. The summed E-state index contributed by atoms with van der Waals surface area (Å²) < 4.78 is 0. The lowest BCUT2D eigenvalue weighted by atomic mass is 9.89. The first kappa shape index (κ1) is 17.7. The van der Waals surface area contributed by atoms with Crippen LogP contribution in [0.5, 0.6) is 0 Å². The first-order valence-electron chi connectivity index (χ1n) is 7.54. The van der Waals surface area contributed by atoms with E-state index >= 15 is 0 Å². The SMILES string of the molecule is CC(C)Cc1ccc(C(C)(NCCN(C)C)C(N)=O)cc1. The second-order valence-corrected chi connectivity index (χ2v) is 6.51. The molecule has 0 aromatic heterocycles. The monoisotopic (exact) mass is 291 g/mol. The molecule has 1 atom stereocenters. The van der Waals surface area contributed by atoms with Crippen LogP contribution in [0.15, 0.2) is 24.3 Å². The van der Waals surface area contributed by atoms with Crippen LogP contribution in [0, 0.1) is 5.92 Å². The van der Waals surface area contributed by atoms with Gasteiger partial charge in [0.05, 0.1) is 0 Å². The van der Waals surface area contributed by atoms with E-state index in [9.17, 15) is 4.79 Å². The van der Waals surface area contributed by atoms with Crippen LogP contribution in [0.2, 0.25) is 0 Å². The zero-order valence-electron chi connectivity index (χ0n) is 13.9. The third-order valence-electron chi connectivity index (χ3n) is 3.71. The summed E-state index contributed by atoms with van der Waals surface area (Å²) in [5.41, 5.74) is 7.00. The Morgan fingerprint density at radius 1 is 1.29 bits per heavy atom. The summed E-state index contributed by atoms with van der Waals surface area (Å²) in [5.74, 6) is 0.273. The molecule has 1 unspecified atom stereocenters. The number of nitrogens with one attached hydrogen (secondary N) is 1. The Morgan fingerprint density at radius 2 is 1.86 bits per heavy atom. The van der Waals surface area contributed by atoms with Gasteiger partial charge in [-0.3, -0.25) is 10.1 Å². The molecule has 4 heteroatoms. The van der Waals surface area contributed by atoms with E-state index in [-0.39, 0.29) is 5.91 Å². The minimum atomic E-state index is -0.827. The van der Waals surface area contributed by atoms with Crippen molar-refractivity contribution in [3.8, 4) is 0 Å². The molecule has 4 nitrogen and oxygen atoms in total. The number of amides is 1. The number of carbonyl (C=O) groups is 1. The van der Waals surface area contributed by atoms with Crippen molar-refractivity contribution in [2.45, 2.75) is 32.7 Å². The fraction of sp³-hybridized carbons (Fsp3) is 0.588. The summed E-state index contributed by atoms with van der Waals surface area (Å²) in [6, 6.07) is 8.19. The topological polar surface area (TPSA) is 58.4 Å². The van der Waals surface area contributed by atoms with Gasteiger partial charge in [0, 0.05) is 13.1 Å². The molecule has 0 fully saturated rings. The summed E-state index contributed by atoms with van der Waals surface area (Å²) in [6.07, 6.45) is 1.04. The van der Waals surface area contributed by atoms with E-state index in [1.807, 2.05) is 33.2 Å². The van der Waals surface area contributed by atoms with E-state index in [0.717, 1.165) is 18.5 Å². The molecule has 0 heterocycles. The Kier molecular flexibility index (Phi) is 6.37. The van der Waals surface area contributed by atoms with Gasteiger partial charge in [-0.25, -0.2) is 0 Å². The van der Waals surface area contributed by atoms with Gasteiger partial charge >= 0.3 is 0 Å². The fourth-order valence-electron chi connectivity index (χ4n) is 2.31. The number of nitrogens with zero attached hydrogens (tertiary/aromatic N) is 1. The summed E-state index contributed by atoms with van der Waals surface area (Å²) in [7, 11) is 4.01. The number of primary amides is 1. The highest BCUT2D eigenvalue weighted by Crippen LogP contribution is 2.21. The lowest BCUT2D eigenvalue weighted by molar-refractivity contribution is -0.124. The molecule has 0 aliphatic carbocycles. The van der Waals surface area contributed by atoms with Crippen LogP contribution in [0.1, 0.15) is 31.9 Å². The number of carbonyl (C=O) groups excluding carboxylic acids is 1. The molecular formula is C17H29N3O. The van der Waals surface area contributed by atoms with E-state index in [2.05, 4.69) is 36.2 Å². The highest BCUT2D eigenvalue weighted by molar-refractivity contribution is 5.85. The lowest BCUT2D eigenvalue weighted by Gasteiger charge is -2.29. The van der Waals surface area contributed by atoms with Crippen molar-refractivity contribution in [2.75, 3.05) is 27.2 Å². The predicted molar refractivity (Wildman–Crippen MR) is 88.1 cm³/mol. The number of hydrogen-bond donors (Lipinski definition) is 2. The quantitative estimate of drug-likeness (QED) is 0.767. The number of hydrogen-bond acceptors (Lipinski definition) is 3. The van der Waals surface area contributed by atoms with Crippen LogP contribution < -0.4 is 11.1 Å². The van der Waals surface area contributed by atoms with Gasteiger partial charge in [0.1, 0.15) is 5.54 Å². The maximum atomic E-state index is 11.9. The van der Waals surface area contributed by atoms with Crippen LogP contribution in [-0.4, -0.2) is 38.0 Å². The van der Waals surface area contributed by atoms with Gasteiger partial charge in [0.2, 0.25) is 5.91 Å². The highest BCUT2D eigenvalue weighted by Gasteiger charge is 2.32. The second-order valence-electron chi connectivity index (χ2n) is 6.51. The van der Waals surface area contributed by atoms with Crippen molar-refractivity contribution in [1.29, 1.82) is 0 Å². The summed E-state index contributed by atoms with van der Waals surface area (Å²) in [5, 5.41) is 3.29. The van der Waals surface area contributed by atoms with E-state index in [1.165, 1.54) is 5.56 Å². The van der Waals surface area contributed by atoms with Crippen LogP contribution in [0.4, 0.5) is 0 Å². The van der Waals surface area contributed by atoms with Gasteiger partial charge in [0.15, 0.2) is 0 Å². The van der Waals surface area contributed by atoms with Gasteiger partial charge < -0.3 is 10.6 Å². The molecule has 1 amide bonds. The minimum Gasteiger partial charge on any atom is -0.368 e. The second kappa shape index (κ2) is 7.57. The van der Waals surface area contributed by atoms with Crippen molar-refractivity contribution < 1.29 is 4.79 Å². The van der Waals surface area contributed by atoms with E-state index in [1.54, 1.807) is 0 Å². The first-order valence-corrected chi connectivity index (χ1v) is 7.54. The molecule has 0 spiro atoms. The smallest absolute Gasteiger partial charge is 0.242 e. The number of likely N-dealkylation sites (N-methyl/N-ethyl adjacent to an activating group) is 1. The van der Waals surface area contributed by atoms with E-state index in [0.29, 0.717) is 12.5 Å². The van der Waals surface area contributed by atoms with Gasteiger partial charge in [-0.15, -0.1) is 0 Å². The molecule has 0 bridgehead atoms. The average molecular weight is 291 g/mol. The summed E-state index contributed by atoms with van der Waals surface area (Å²) in [6.45, 7) is 7.81. The third-order valence-corrected chi connectivity index (χ3v) is 3.71. The van der Waals surface area contributed by atoms with Crippen molar-refractivity contribution in [2.24, 2.45) is 11.7 Å². The Morgan fingerprint density at radius 3 is 2.29 bits per heavy atom. The van der Waals surface area contributed by atoms with Crippen molar-refractivity contribution in [3.05, 3.63) is 35.4 Å². The summed E-state index contributed by atoms with van der Waals surface area (Å²) >= 11 is 0. The Hall–Kier alpha value is -1.39. The molecule has 0 aliphatic heterocycles. The van der Waals surface area contributed by atoms with E-state index < -0.39 is 5.54 Å². The molecular weight excluding hydrogens is 262 g/mol. The summed E-state index contributed by atoms with van der Waals surface area (Å²) in [4.78, 5) is 14.0. The maximum Gasteiger partial charge on any atom is 0.242 e. The molecule has 21 heavy (non-hydrogen) atoms. The van der Waals surface area contributed by atoms with Crippen molar-refractivity contribution in [3.63, 3.8) is 0 Å². The molecule has 1 rings (SSSR count). The Labute approximate surface area is 128 Å². The zero-order chi connectivity index (χ0) is 16.0. The number of benzene rings is 1. The van der Waals surface area contributed by atoms with Crippen molar-refractivity contribution >= 4 is 5.91 Å². The van der Waals surface area contributed by atoms with Crippen LogP contribution in [-0.2, 0) is 16.8 Å². The minimum absolute atomic E-state index is 0.349. The van der Waals surface area contributed by atoms with Crippen molar-refractivity contribution in [1.82, 2.24) is 10.2 Å². The van der Waals surface area contributed by atoms with Crippen LogP contribution >= 0.6 is 0 Å². The first-order chi connectivity index (χ1) is 9.75. The molecule has 0 aliphatic rings. The largest absolute Gasteiger partial charge is 0.368 e. The number of rotatable bonds is 8. The maximum absolute atomic E-state index is 11.9. The van der Waals surface area contributed by atoms with Gasteiger partial charge in [-0.05, 0) is 44.5 Å². The zero-order valence-corrected chi connectivity index (χ0v) is 13.9. The number of nitrogens with two attached hydrogens (primary N) is 1. The van der Waals surface area contributed by atoms with Gasteiger partial charge in [-0.2, -0.15) is 0 Å². The fourth-order valence-corrected chi connectivity index (χ4v) is 2.31. The third kappa shape index (κ3) is 5.14. The predicted octanol–water partition coefficient (Wildman–Crippen LogP) is 1.74. The molecule has 118 valence electrons. The standard InChI is InChI=1S/C17H29N3O/c1-13(2)12-14-6-8-15(9-7-14)17(3,16(18)21)19-10-11-20(4)5/h6-9,13,19H,10-12H2,1-5H3,(H2,18,21). The Bertz CT molecular complexity index is 454. The van der Waals surface area contributed by atoms with Crippen LogP contribution in [0.25, 0.3) is 0 Å². The van der Waals surface area contributed by atoms with Gasteiger partial charge in [0.25, 0.3) is 0 Å². The normalized spacial score (nSPS) is 14.4.